The van der Waals surface area contributed by atoms with Gasteiger partial charge in [-0.25, -0.2) is 0 Å². The topological polar surface area (TPSA) is 3.24 Å². The van der Waals surface area contributed by atoms with Crippen molar-refractivity contribution in [3.05, 3.63) is 66.2 Å². The van der Waals surface area contributed by atoms with Crippen molar-refractivity contribution in [3.63, 3.8) is 0 Å². The fourth-order valence-electron chi connectivity index (χ4n) is 2.25. The van der Waals surface area contributed by atoms with Gasteiger partial charge < -0.3 is 4.90 Å². The van der Waals surface area contributed by atoms with Crippen LogP contribution >= 0.6 is 11.8 Å². The van der Waals surface area contributed by atoms with Crippen LogP contribution in [0.5, 0.6) is 0 Å². The molecule has 0 bridgehead atoms. The average molecular weight is 241 g/mol. The van der Waals surface area contributed by atoms with Crippen molar-refractivity contribution >= 4 is 17.4 Å². The summed E-state index contributed by atoms with van der Waals surface area (Å²) in [5.41, 5.74) is 2.73. The van der Waals surface area contributed by atoms with Crippen molar-refractivity contribution in [3.8, 4) is 0 Å². The molecule has 86 valence electrons. The number of thioether (sulfide) groups is 1. The van der Waals surface area contributed by atoms with Gasteiger partial charge in [-0.1, -0.05) is 48.5 Å². The zero-order valence-electron chi connectivity index (χ0n) is 9.62. The molecular weight excluding hydrogens is 226 g/mol. The molecule has 2 heteroatoms. The molecule has 17 heavy (non-hydrogen) atoms. The first kappa shape index (κ1) is 10.7. The first-order valence-electron chi connectivity index (χ1n) is 5.93. The van der Waals surface area contributed by atoms with Crippen LogP contribution in [0.4, 0.5) is 5.69 Å². The van der Waals surface area contributed by atoms with Crippen LogP contribution in [0.1, 0.15) is 10.9 Å². The minimum atomic E-state index is 0.471. The van der Waals surface area contributed by atoms with Gasteiger partial charge in [-0.3, -0.25) is 0 Å². The molecule has 1 unspecified atom stereocenters. The van der Waals surface area contributed by atoms with Crippen LogP contribution in [0.15, 0.2) is 60.7 Å². The third-order valence-corrected chi connectivity index (χ3v) is 4.32. The second-order valence-corrected chi connectivity index (χ2v) is 5.35. The Balaban J connectivity index is 1.91. The number of rotatable bonds is 2. The van der Waals surface area contributed by atoms with Gasteiger partial charge in [-0.05, 0) is 17.7 Å². The zero-order valence-corrected chi connectivity index (χ0v) is 10.4. The van der Waals surface area contributed by atoms with Gasteiger partial charge in [0.2, 0.25) is 0 Å². The van der Waals surface area contributed by atoms with Crippen LogP contribution < -0.4 is 4.90 Å². The summed E-state index contributed by atoms with van der Waals surface area (Å²) in [6.45, 7) is 1.13. The lowest BCUT2D eigenvalue weighted by molar-refractivity contribution is 0.858. The minimum Gasteiger partial charge on any atom is -0.355 e. The third-order valence-electron chi connectivity index (χ3n) is 3.06. The predicted molar refractivity (Wildman–Crippen MR) is 75.4 cm³/mol. The van der Waals surface area contributed by atoms with Gasteiger partial charge in [0.15, 0.2) is 0 Å². The van der Waals surface area contributed by atoms with Gasteiger partial charge in [0, 0.05) is 18.0 Å². The molecule has 1 atom stereocenters. The van der Waals surface area contributed by atoms with Gasteiger partial charge in [0.1, 0.15) is 5.37 Å². The summed E-state index contributed by atoms with van der Waals surface area (Å²) in [7, 11) is 0. The van der Waals surface area contributed by atoms with Crippen LogP contribution in [0.2, 0.25) is 0 Å². The normalized spacial score (nSPS) is 19.5. The van der Waals surface area contributed by atoms with E-state index >= 15 is 0 Å². The van der Waals surface area contributed by atoms with Crippen LogP contribution in [0.3, 0.4) is 0 Å². The highest BCUT2D eigenvalue weighted by Crippen LogP contribution is 2.40. The van der Waals surface area contributed by atoms with Crippen molar-refractivity contribution < 1.29 is 0 Å². The molecule has 0 aromatic heterocycles. The molecule has 1 heterocycles. The molecule has 0 saturated carbocycles. The highest BCUT2D eigenvalue weighted by molar-refractivity contribution is 7.99. The molecule has 0 spiro atoms. The van der Waals surface area contributed by atoms with Crippen LogP contribution in [-0.2, 0) is 0 Å². The third kappa shape index (κ3) is 2.18. The molecule has 2 aromatic rings. The first-order chi connectivity index (χ1) is 8.45. The monoisotopic (exact) mass is 241 g/mol. The Morgan fingerprint density at radius 3 is 2.24 bits per heavy atom. The Morgan fingerprint density at radius 2 is 1.53 bits per heavy atom. The highest BCUT2D eigenvalue weighted by Gasteiger charge is 2.26. The lowest BCUT2D eigenvalue weighted by Gasteiger charge is -2.26. The maximum atomic E-state index is 2.49. The van der Waals surface area contributed by atoms with E-state index in [1.807, 2.05) is 11.8 Å². The first-order valence-corrected chi connectivity index (χ1v) is 6.98. The van der Waals surface area contributed by atoms with Gasteiger partial charge in [0.25, 0.3) is 0 Å². The summed E-state index contributed by atoms with van der Waals surface area (Å²) in [6.07, 6.45) is 0. The second-order valence-electron chi connectivity index (χ2n) is 4.16. The Bertz CT molecular complexity index is 423. The largest absolute Gasteiger partial charge is 0.355 e. The number of nitrogens with zero attached hydrogens (tertiary/aromatic N) is 1. The quantitative estimate of drug-likeness (QED) is 0.783. The lowest BCUT2D eigenvalue weighted by atomic mass is 10.2. The van der Waals surface area contributed by atoms with Gasteiger partial charge in [-0.2, -0.15) is 0 Å². The van der Waals surface area contributed by atoms with Gasteiger partial charge >= 0.3 is 0 Å². The van der Waals surface area contributed by atoms with Crippen molar-refractivity contribution in [1.82, 2.24) is 0 Å². The molecule has 0 radical (unpaired) electrons. The summed E-state index contributed by atoms with van der Waals surface area (Å²) < 4.78 is 0. The molecule has 1 aliphatic heterocycles. The fourth-order valence-corrected chi connectivity index (χ4v) is 3.53. The maximum Gasteiger partial charge on any atom is 0.101 e. The zero-order chi connectivity index (χ0) is 11.5. The number of benzene rings is 2. The number of para-hydroxylation sites is 1. The Hall–Kier alpha value is -1.41. The van der Waals surface area contributed by atoms with Gasteiger partial charge in [-0.15, -0.1) is 11.8 Å². The van der Waals surface area contributed by atoms with E-state index in [4.69, 9.17) is 0 Å². The summed E-state index contributed by atoms with van der Waals surface area (Å²) in [4.78, 5) is 2.49. The van der Waals surface area contributed by atoms with E-state index in [2.05, 4.69) is 65.6 Å². The molecule has 1 aliphatic rings. The summed E-state index contributed by atoms with van der Waals surface area (Å²) in [5.74, 6) is 1.20. The Morgan fingerprint density at radius 1 is 0.882 bits per heavy atom. The minimum absolute atomic E-state index is 0.471. The smallest absolute Gasteiger partial charge is 0.101 e. The van der Waals surface area contributed by atoms with Crippen molar-refractivity contribution in [1.29, 1.82) is 0 Å². The Kier molecular flexibility index (Phi) is 3.06. The van der Waals surface area contributed by atoms with Crippen molar-refractivity contribution in [2.24, 2.45) is 0 Å². The van der Waals surface area contributed by atoms with Crippen molar-refractivity contribution in [2.45, 2.75) is 5.37 Å². The SMILES string of the molecule is c1ccc(C2SCCN2c2ccccc2)cc1. The number of hydrogen-bond donors (Lipinski definition) is 0. The molecule has 1 saturated heterocycles. The number of anilines is 1. The highest BCUT2D eigenvalue weighted by atomic mass is 32.2. The van der Waals surface area contributed by atoms with Crippen molar-refractivity contribution in [2.75, 3.05) is 17.2 Å². The van der Waals surface area contributed by atoms with Crippen LogP contribution in [-0.4, -0.2) is 12.3 Å². The van der Waals surface area contributed by atoms with Crippen LogP contribution in [0.25, 0.3) is 0 Å². The predicted octanol–water partition coefficient (Wildman–Crippen LogP) is 3.94. The molecule has 0 amide bonds. The van der Waals surface area contributed by atoms with E-state index in [-0.39, 0.29) is 0 Å². The van der Waals surface area contributed by atoms with E-state index in [9.17, 15) is 0 Å². The van der Waals surface area contributed by atoms with E-state index in [1.54, 1.807) is 0 Å². The van der Waals surface area contributed by atoms with Gasteiger partial charge in [0.05, 0.1) is 0 Å². The maximum absolute atomic E-state index is 2.49. The molecule has 0 N–H and O–H groups in total. The molecular formula is C15H15NS. The second kappa shape index (κ2) is 4.84. The number of hydrogen-bond acceptors (Lipinski definition) is 2. The molecule has 0 aliphatic carbocycles. The summed E-state index contributed by atoms with van der Waals surface area (Å²) in [6, 6.07) is 21.5. The Labute approximate surface area is 106 Å². The van der Waals surface area contributed by atoms with Crippen LogP contribution in [0, 0.1) is 0 Å². The van der Waals surface area contributed by atoms with E-state index in [0.717, 1.165) is 6.54 Å². The fraction of sp³-hybridized carbons (Fsp3) is 0.200. The van der Waals surface area contributed by atoms with E-state index in [0.29, 0.717) is 5.37 Å². The molecule has 2 aromatic carbocycles. The molecule has 3 rings (SSSR count). The summed E-state index contributed by atoms with van der Waals surface area (Å²) in [5, 5.41) is 0.471. The standard InChI is InChI=1S/C15H15NS/c1-3-7-13(8-4-1)15-16(11-12-17-15)14-9-5-2-6-10-14/h1-10,15H,11-12H2. The average Bonchev–Trinajstić information content (AvgIpc) is 2.90. The molecule has 1 fully saturated rings. The lowest BCUT2D eigenvalue weighted by Crippen LogP contribution is -2.21. The molecule has 1 nitrogen and oxygen atoms in total. The van der Waals surface area contributed by atoms with E-state index in [1.165, 1.54) is 17.0 Å². The summed E-state index contributed by atoms with van der Waals surface area (Å²) >= 11 is 2.02. The van der Waals surface area contributed by atoms with E-state index < -0.39 is 0 Å².